The quantitative estimate of drug-likeness (QED) is 0.772. The number of rotatable bonds is 7. The van der Waals surface area contributed by atoms with Gasteiger partial charge >= 0.3 is 0 Å². The van der Waals surface area contributed by atoms with E-state index in [9.17, 15) is 4.79 Å². The second kappa shape index (κ2) is 8.08. The molecule has 0 spiro atoms. The molecule has 0 radical (unpaired) electrons. The van der Waals surface area contributed by atoms with Gasteiger partial charge in [-0.15, -0.1) is 0 Å². The number of hydrogen-bond donors (Lipinski definition) is 2. The van der Waals surface area contributed by atoms with E-state index in [-0.39, 0.29) is 5.91 Å². The first-order valence-corrected chi connectivity index (χ1v) is 7.50. The van der Waals surface area contributed by atoms with Crippen molar-refractivity contribution in [3.63, 3.8) is 0 Å². The highest BCUT2D eigenvalue weighted by Crippen LogP contribution is 2.12. The number of anilines is 1. The summed E-state index contributed by atoms with van der Waals surface area (Å²) in [5.74, 6) is 0.856. The molecule has 1 amide bonds. The van der Waals surface area contributed by atoms with Gasteiger partial charge in [0, 0.05) is 12.2 Å². The van der Waals surface area contributed by atoms with Crippen LogP contribution in [-0.2, 0) is 17.6 Å². The third kappa shape index (κ3) is 5.13. The monoisotopic (exact) mass is 298 g/mol. The van der Waals surface area contributed by atoms with Crippen LogP contribution in [0.1, 0.15) is 18.1 Å². The summed E-state index contributed by atoms with van der Waals surface area (Å²) in [4.78, 5) is 11.9. The molecule has 0 unspecified atom stereocenters. The lowest BCUT2D eigenvalue weighted by molar-refractivity contribution is -0.120. The van der Waals surface area contributed by atoms with Crippen LogP contribution in [0.15, 0.2) is 48.5 Å². The van der Waals surface area contributed by atoms with Crippen molar-refractivity contribution < 1.29 is 9.53 Å². The highest BCUT2D eigenvalue weighted by Gasteiger charge is 2.03. The van der Waals surface area contributed by atoms with Crippen LogP contribution in [0.5, 0.6) is 5.75 Å². The number of ether oxygens (including phenoxy) is 1. The molecular weight excluding hydrogens is 276 g/mol. The molecule has 0 fully saturated rings. The van der Waals surface area contributed by atoms with Crippen LogP contribution in [0, 0.1) is 0 Å². The summed E-state index contributed by atoms with van der Waals surface area (Å²) in [5, 5.41) is 2.93. The minimum Gasteiger partial charge on any atom is -0.494 e. The van der Waals surface area contributed by atoms with Gasteiger partial charge in [-0.1, -0.05) is 24.3 Å². The molecule has 0 aliphatic rings. The molecule has 0 bridgehead atoms. The normalized spacial score (nSPS) is 10.2. The van der Waals surface area contributed by atoms with Crippen molar-refractivity contribution in [1.82, 2.24) is 5.32 Å². The largest absolute Gasteiger partial charge is 0.494 e. The maximum atomic E-state index is 11.9. The molecule has 0 aliphatic heterocycles. The summed E-state index contributed by atoms with van der Waals surface area (Å²) in [7, 11) is 0. The highest BCUT2D eigenvalue weighted by atomic mass is 16.5. The predicted molar refractivity (Wildman–Crippen MR) is 88.9 cm³/mol. The van der Waals surface area contributed by atoms with E-state index in [1.807, 2.05) is 55.5 Å². The second-order valence-corrected chi connectivity index (χ2v) is 5.10. The van der Waals surface area contributed by atoms with Crippen LogP contribution in [0.4, 0.5) is 5.69 Å². The Kier molecular flexibility index (Phi) is 5.83. The Morgan fingerprint density at radius 1 is 1.05 bits per heavy atom. The molecule has 2 rings (SSSR count). The van der Waals surface area contributed by atoms with Crippen molar-refractivity contribution in [3.8, 4) is 5.75 Å². The van der Waals surface area contributed by atoms with Crippen molar-refractivity contribution in [2.45, 2.75) is 19.8 Å². The van der Waals surface area contributed by atoms with Gasteiger partial charge in [-0.25, -0.2) is 0 Å². The zero-order chi connectivity index (χ0) is 15.8. The summed E-state index contributed by atoms with van der Waals surface area (Å²) in [6.45, 7) is 3.22. The fraction of sp³-hybridized carbons (Fsp3) is 0.278. The standard InChI is InChI=1S/C18H22N2O2/c1-2-22-17-9-5-15(6-10-17)13-18(21)20-12-11-14-3-7-16(19)8-4-14/h3-10H,2,11-13,19H2,1H3,(H,20,21). The average Bonchev–Trinajstić information content (AvgIpc) is 2.51. The molecule has 116 valence electrons. The van der Waals surface area contributed by atoms with Crippen molar-refractivity contribution in [3.05, 3.63) is 59.7 Å². The molecule has 0 atom stereocenters. The topological polar surface area (TPSA) is 64.3 Å². The summed E-state index contributed by atoms with van der Waals surface area (Å²) in [6, 6.07) is 15.3. The van der Waals surface area contributed by atoms with Crippen LogP contribution in [0.3, 0.4) is 0 Å². The molecule has 0 heterocycles. The van der Waals surface area contributed by atoms with Crippen LogP contribution < -0.4 is 15.8 Å². The summed E-state index contributed by atoms with van der Waals surface area (Å²) in [5.41, 5.74) is 8.54. The fourth-order valence-corrected chi connectivity index (χ4v) is 2.15. The van der Waals surface area contributed by atoms with Gasteiger partial charge in [0.1, 0.15) is 5.75 Å². The second-order valence-electron chi connectivity index (χ2n) is 5.10. The molecule has 22 heavy (non-hydrogen) atoms. The molecule has 0 aromatic heterocycles. The van der Waals surface area contributed by atoms with Gasteiger partial charge in [-0.3, -0.25) is 4.79 Å². The lowest BCUT2D eigenvalue weighted by Gasteiger charge is -2.07. The van der Waals surface area contributed by atoms with Crippen LogP contribution in [0.2, 0.25) is 0 Å². The van der Waals surface area contributed by atoms with E-state index in [0.717, 1.165) is 29.0 Å². The van der Waals surface area contributed by atoms with Crippen LogP contribution >= 0.6 is 0 Å². The van der Waals surface area contributed by atoms with Gasteiger partial charge in [0.05, 0.1) is 13.0 Å². The Morgan fingerprint density at radius 2 is 1.68 bits per heavy atom. The Balaban J connectivity index is 1.74. The Hall–Kier alpha value is -2.49. The summed E-state index contributed by atoms with van der Waals surface area (Å²) >= 11 is 0. The lowest BCUT2D eigenvalue weighted by Crippen LogP contribution is -2.27. The van der Waals surface area contributed by atoms with E-state index in [1.165, 1.54) is 0 Å². The predicted octanol–water partition coefficient (Wildman–Crippen LogP) is 2.57. The fourth-order valence-electron chi connectivity index (χ4n) is 2.15. The third-order valence-corrected chi connectivity index (χ3v) is 3.31. The molecule has 0 saturated heterocycles. The van der Waals surface area contributed by atoms with Gasteiger partial charge in [0.25, 0.3) is 0 Å². The van der Waals surface area contributed by atoms with E-state index in [2.05, 4.69) is 5.32 Å². The molecule has 2 aromatic carbocycles. The number of carbonyl (C=O) groups excluding carboxylic acids is 1. The van der Waals surface area contributed by atoms with Crippen LogP contribution in [0.25, 0.3) is 0 Å². The first kappa shape index (κ1) is 15.9. The lowest BCUT2D eigenvalue weighted by atomic mass is 10.1. The highest BCUT2D eigenvalue weighted by molar-refractivity contribution is 5.78. The van der Waals surface area contributed by atoms with Crippen molar-refractivity contribution in [2.24, 2.45) is 0 Å². The molecule has 4 heteroatoms. The maximum Gasteiger partial charge on any atom is 0.224 e. The number of amides is 1. The SMILES string of the molecule is CCOc1ccc(CC(=O)NCCc2ccc(N)cc2)cc1. The first-order chi connectivity index (χ1) is 10.7. The Bertz CT molecular complexity index is 591. The molecule has 4 nitrogen and oxygen atoms in total. The van der Waals surface area contributed by atoms with Crippen LogP contribution in [-0.4, -0.2) is 19.1 Å². The minimum atomic E-state index is 0.0274. The number of hydrogen-bond acceptors (Lipinski definition) is 3. The molecule has 0 aliphatic carbocycles. The Labute approximate surface area is 131 Å². The van der Waals surface area contributed by atoms with E-state index in [0.29, 0.717) is 19.6 Å². The van der Waals surface area contributed by atoms with Gasteiger partial charge < -0.3 is 15.8 Å². The van der Waals surface area contributed by atoms with Gasteiger partial charge in [-0.05, 0) is 48.7 Å². The van der Waals surface area contributed by atoms with Gasteiger partial charge in [0.15, 0.2) is 0 Å². The van der Waals surface area contributed by atoms with Crippen molar-refractivity contribution in [2.75, 3.05) is 18.9 Å². The maximum absolute atomic E-state index is 11.9. The van der Waals surface area contributed by atoms with Gasteiger partial charge in [-0.2, -0.15) is 0 Å². The third-order valence-electron chi connectivity index (χ3n) is 3.31. The van der Waals surface area contributed by atoms with Crippen molar-refractivity contribution >= 4 is 11.6 Å². The molecular formula is C18H22N2O2. The number of nitrogen functional groups attached to an aromatic ring is 1. The summed E-state index contributed by atoms with van der Waals surface area (Å²) < 4.78 is 5.38. The van der Waals surface area contributed by atoms with E-state index >= 15 is 0 Å². The minimum absolute atomic E-state index is 0.0274. The van der Waals surface area contributed by atoms with E-state index in [1.54, 1.807) is 0 Å². The number of nitrogens with one attached hydrogen (secondary N) is 1. The molecule has 2 aromatic rings. The number of carbonyl (C=O) groups is 1. The van der Waals surface area contributed by atoms with E-state index < -0.39 is 0 Å². The number of nitrogens with two attached hydrogens (primary N) is 1. The Morgan fingerprint density at radius 3 is 2.32 bits per heavy atom. The zero-order valence-electron chi connectivity index (χ0n) is 12.8. The smallest absolute Gasteiger partial charge is 0.224 e. The molecule has 0 saturated carbocycles. The molecule has 3 N–H and O–H groups in total. The number of benzene rings is 2. The summed E-state index contributed by atoms with van der Waals surface area (Å²) in [6.07, 6.45) is 1.18. The van der Waals surface area contributed by atoms with E-state index in [4.69, 9.17) is 10.5 Å². The van der Waals surface area contributed by atoms with Gasteiger partial charge in [0.2, 0.25) is 5.91 Å². The first-order valence-electron chi connectivity index (χ1n) is 7.50. The average molecular weight is 298 g/mol. The zero-order valence-corrected chi connectivity index (χ0v) is 12.8. The van der Waals surface area contributed by atoms with Crippen molar-refractivity contribution in [1.29, 1.82) is 0 Å².